The molecule has 3 N–H and O–H groups in total. The Bertz CT molecular complexity index is 869. The highest BCUT2D eigenvalue weighted by atomic mass is 16.6. The average molecular weight is 352 g/mol. The van der Waals surface area contributed by atoms with Crippen LogP contribution in [-0.2, 0) is 4.74 Å². The molecule has 3 heterocycles. The van der Waals surface area contributed by atoms with E-state index in [0.29, 0.717) is 0 Å². The molecule has 7 nitrogen and oxygen atoms in total. The van der Waals surface area contributed by atoms with Crippen molar-refractivity contribution in [1.29, 1.82) is 0 Å². The van der Waals surface area contributed by atoms with Crippen LogP contribution in [0.25, 0.3) is 11.3 Å². The van der Waals surface area contributed by atoms with Gasteiger partial charge in [0.2, 0.25) is 0 Å². The van der Waals surface area contributed by atoms with E-state index in [1.165, 1.54) is 0 Å². The van der Waals surface area contributed by atoms with Gasteiger partial charge in [0.25, 0.3) is 0 Å². The van der Waals surface area contributed by atoms with E-state index < -0.39 is 24.5 Å². The molecule has 134 valence electrons. The molecular weight excluding hydrogens is 332 g/mol. The molecule has 1 fully saturated rings. The van der Waals surface area contributed by atoms with Crippen molar-refractivity contribution in [2.24, 2.45) is 0 Å². The number of aromatic nitrogens is 3. The molecule has 7 heteroatoms. The monoisotopic (exact) mass is 352 g/mol. The van der Waals surface area contributed by atoms with E-state index in [1.807, 2.05) is 42.5 Å². The molecule has 1 aliphatic rings. The number of hydrogen-bond donors (Lipinski definition) is 3. The lowest BCUT2D eigenvalue weighted by Crippen LogP contribution is -2.30. The van der Waals surface area contributed by atoms with E-state index >= 15 is 0 Å². The maximum atomic E-state index is 10.4. The fourth-order valence-electron chi connectivity index (χ4n) is 3.15. The summed E-state index contributed by atoms with van der Waals surface area (Å²) in [5.41, 5.74) is 3.34. The van der Waals surface area contributed by atoms with Crippen molar-refractivity contribution < 1.29 is 14.9 Å². The number of ether oxygens (including phenoxy) is 1. The predicted molar refractivity (Wildman–Crippen MR) is 96.8 cm³/mol. The summed E-state index contributed by atoms with van der Waals surface area (Å²) in [6.45, 7) is 1.73. The van der Waals surface area contributed by atoms with Gasteiger partial charge in [-0.15, -0.1) is 0 Å². The van der Waals surface area contributed by atoms with Crippen molar-refractivity contribution in [2.75, 3.05) is 5.32 Å². The lowest BCUT2D eigenvalue weighted by atomic mass is 10.1. The Morgan fingerprint density at radius 1 is 1.04 bits per heavy atom. The molecule has 3 aromatic rings. The lowest BCUT2D eigenvalue weighted by molar-refractivity contribution is -0.0385. The van der Waals surface area contributed by atoms with Crippen molar-refractivity contribution in [3.8, 4) is 11.3 Å². The first kappa shape index (κ1) is 16.7. The molecule has 0 unspecified atom stereocenters. The number of nitrogens with zero attached hydrogens (tertiary/aromatic N) is 3. The standard InChI is InChI=1S/C19H20N4O3/c1-12-17(24)18(25)19(26-12)23-16(13-5-3-2-4-6-13)15(11-21-23)22-14-7-9-20-10-8-14/h2-12,17-19,24-25H,1H3,(H,20,22)/t12-,17+,18+,19+/m0/s1. The predicted octanol–water partition coefficient (Wildman–Crippen LogP) is 2.33. The van der Waals surface area contributed by atoms with E-state index in [4.69, 9.17) is 4.74 Å². The molecule has 4 rings (SSSR count). The summed E-state index contributed by atoms with van der Waals surface area (Å²) in [6, 6.07) is 13.5. The number of nitrogens with one attached hydrogen (secondary N) is 1. The van der Waals surface area contributed by atoms with Crippen LogP contribution < -0.4 is 5.32 Å². The van der Waals surface area contributed by atoms with Crippen LogP contribution in [0.1, 0.15) is 13.2 Å². The van der Waals surface area contributed by atoms with Gasteiger partial charge in [0.1, 0.15) is 12.2 Å². The normalized spacial score (nSPS) is 25.3. The quantitative estimate of drug-likeness (QED) is 0.667. The molecule has 0 aliphatic carbocycles. The second-order valence-electron chi connectivity index (χ2n) is 6.29. The summed E-state index contributed by atoms with van der Waals surface area (Å²) in [5.74, 6) is 0. The molecule has 4 atom stereocenters. The van der Waals surface area contributed by atoms with Gasteiger partial charge in [-0.05, 0) is 19.1 Å². The van der Waals surface area contributed by atoms with Crippen molar-refractivity contribution in [3.05, 3.63) is 61.1 Å². The van der Waals surface area contributed by atoms with Crippen LogP contribution in [0.3, 0.4) is 0 Å². The molecule has 0 amide bonds. The molecule has 1 aliphatic heterocycles. The second kappa shape index (κ2) is 6.87. The van der Waals surface area contributed by atoms with Gasteiger partial charge >= 0.3 is 0 Å². The summed E-state index contributed by atoms with van der Waals surface area (Å²) in [5, 5.41) is 28.2. The number of rotatable bonds is 4. The molecule has 0 saturated carbocycles. The molecule has 0 bridgehead atoms. The number of pyridine rings is 1. The van der Waals surface area contributed by atoms with Crippen LogP contribution in [0.15, 0.2) is 61.1 Å². The molecule has 0 radical (unpaired) electrons. The second-order valence-corrected chi connectivity index (χ2v) is 6.29. The highest BCUT2D eigenvalue weighted by Gasteiger charge is 2.42. The first-order valence-electron chi connectivity index (χ1n) is 8.46. The number of hydrogen-bond acceptors (Lipinski definition) is 6. The zero-order valence-electron chi connectivity index (χ0n) is 14.2. The zero-order valence-corrected chi connectivity index (χ0v) is 14.2. The minimum absolute atomic E-state index is 0.473. The summed E-state index contributed by atoms with van der Waals surface area (Å²) >= 11 is 0. The third kappa shape index (κ3) is 2.96. The highest BCUT2D eigenvalue weighted by Crippen LogP contribution is 2.37. The summed E-state index contributed by atoms with van der Waals surface area (Å²) in [6.07, 6.45) is 1.86. The Labute approximate surface area is 150 Å². The van der Waals surface area contributed by atoms with Crippen LogP contribution in [-0.4, -0.2) is 43.3 Å². The Balaban J connectivity index is 1.78. The average Bonchev–Trinajstić information content (AvgIpc) is 3.19. The van der Waals surface area contributed by atoms with E-state index in [1.54, 1.807) is 30.2 Å². The van der Waals surface area contributed by atoms with Gasteiger partial charge in [0, 0.05) is 23.6 Å². The number of aliphatic hydroxyl groups is 2. The van der Waals surface area contributed by atoms with Crippen LogP contribution in [0.2, 0.25) is 0 Å². The molecule has 1 saturated heterocycles. The lowest BCUT2D eigenvalue weighted by Gasteiger charge is -2.19. The summed E-state index contributed by atoms with van der Waals surface area (Å²) < 4.78 is 7.38. The van der Waals surface area contributed by atoms with Crippen molar-refractivity contribution in [2.45, 2.75) is 31.5 Å². The van der Waals surface area contributed by atoms with E-state index in [2.05, 4.69) is 15.4 Å². The van der Waals surface area contributed by atoms with Crippen molar-refractivity contribution in [1.82, 2.24) is 14.8 Å². The molecule has 26 heavy (non-hydrogen) atoms. The van der Waals surface area contributed by atoms with E-state index in [0.717, 1.165) is 22.6 Å². The fourth-order valence-corrected chi connectivity index (χ4v) is 3.15. The van der Waals surface area contributed by atoms with Crippen LogP contribution in [0, 0.1) is 0 Å². The zero-order chi connectivity index (χ0) is 18.1. The first-order chi connectivity index (χ1) is 12.6. The van der Waals surface area contributed by atoms with Crippen LogP contribution in [0.4, 0.5) is 11.4 Å². The third-order valence-corrected chi connectivity index (χ3v) is 4.52. The largest absolute Gasteiger partial charge is 0.388 e. The summed E-state index contributed by atoms with van der Waals surface area (Å²) in [7, 11) is 0. The maximum Gasteiger partial charge on any atom is 0.179 e. The number of anilines is 2. The maximum absolute atomic E-state index is 10.4. The first-order valence-corrected chi connectivity index (χ1v) is 8.46. The Morgan fingerprint density at radius 2 is 1.77 bits per heavy atom. The molecular formula is C19H20N4O3. The minimum atomic E-state index is -1.05. The van der Waals surface area contributed by atoms with Gasteiger partial charge in [0.15, 0.2) is 6.23 Å². The molecule has 1 aromatic carbocycles. The van der Waals surface area contributed by atoms with Gasteiger partial charge < -0.3 is 20.3 Å². The molecule has 0 spiro atoms. The Morgan fingerprint density at radius 3 is 2.42 bits per heavy atom. The van der Waals surface area contributed by atoms with Gasteiger partial charge in [-0.1, -0.05) is 30.3 Å². The topological polar surface area (TPSA) is 92.4 Å². The van der Waals surface area contributed by atoms with E-state index in [-0.39, 0.29) is 0 Å². The molecule has 2 aromatic heterocycles. The van der Waals surface area contributed by atoms with Gasteiger partial charge in [-0.25, -0.2) is 4.68 Å². The fraction of sp³-hybridized carbons (Fsp3) is 0.263. The van der Waals surface area contributed by atoms with Crippen molar-refractivity contribution >= 4 is 11.4 Å². The highest BCUT2D eigenvalue weighted by molar-refractivity contribution is 5.78. The minimum Gasteiger partial charge on any atom is -0.388 e. The Kier molecular flexibility index (Phi) is 4.42. The van der Waals surface area contributed by atoms with Gasteiger partial charge in [-0.2, -0.15) is 5.10 Å². The summed E-state index contributed by atoms with van der Waals surface area (Å²) in [4.78, 5) is 4.02. The van der Waals surface area contributed by atoms with Crippen LogP contribution >= 0.6 is 0 Å². The van der Waals surface area contributed by atoms with E-state index in [9.17, 15) is 10.2 Å². The van der Waals surface area contributed by atoms with Gasteiger partial charge in [-0.3, -0.25) is 4.98 Å². The number of benzene rings is 1. The smallest absolute Gasteiger partial charge is 0.179 e. The Hall–Kier alpha value is -2.74. The van der Waals surface area contributed by atoms with Crippen LogP contribution in [0.5, 0.6) is 0 Å². The third-order valence-electron chi connectivity index (χ3n) is 4.52. The van der Waals surface area contributed by atoms with Crippen molar-refractivity contribution in [3.63, 3.8) is 0 Å². The SMILES string of the molecule is C[C@@H]1O[C@@H](n2ncc(Nc3ccncc3)c2-c2ccccc2)[C@H](O)[C@@H]1O. The van der Waals surface area contributed by atoms with Gasteiger partial charge in [0.05, 0.1) is 23.7 Å². The number of aliphatic hydroxyl groups excluding tert-OH is 2.